The van der Waals surface area contributed by atoms with Crippen molar-refractivity contribution in [1.82, 2.24) is 14.8 Å². The average molecular weight is 416 g/mol. The minimum Gasteiger partial charge on any atom is -0.325 e. The van der Waals surface area contributed by atoms with E-state index in [4.69, 9.17) is 0 Å². The minimum atomic E-state index is -0.0453. The van der Waals surface area contributed by atoms with E-state index in [1.165, 1.54) is 11.8 Å². The van der Waals surface area contributed by atoms with Gasteiger partial charge >= 0.3 is 0 Å². The van der Waals surface area contributed by atoms with E-state index < -0.39 is 0 Å². The van der Waals surface area contributed by atoms with Crippen molar-refractivity contribution >= 4 is 45.9 Å². The summed E-state index contributed by atoms with van der Waals surface area (Å²) in [6.45, 7) is 4.14. The van der Waals surface area contributed by atoms with Crippen molar-refractivity contribution in [3.63, 3.8) is 0 Å². The maximum Gasteiger partial charge on any atom is 0.234 e. The first-order chi connectivity index (χ1) is 9.97. The van der Waals surface area contributed by atoms with E-state index in [1.807, 2.05) is 35.9 Å². The van der Waals surface area contributed by atoms with Gasteiger partial charge in [0.25, 0.3) is 0 Å². The summed E-state index contributed by atoms with van der Waals surface area (Å²) in [5, 5.41) is 11.9. The van der Waals surface area contributed by atoms with E-state index >= 15 is 0 Å². The second kappa shape index (κ2) is 7.26. The molecule has 1 aromatic heterocycles. The molecule has 2 rings (SSSR count). The third-order valence-corrected chi connectivity index (χ3v) is 4.52. The van der Waals surface area contributed by atoms with Crippen LogP contribution in [-0.4, -0.2) is 26.4 Å². The molecule has 1 aromatic carbocycles. The molecule has 2 aromatic rings. The zero-order chi connectivity index (χ0) is 15.4. The molecule has 21 heavy (non-hydrogen) atoms. The molecule has 1 heterocycles. The standard InChI is InChI=1S/C14H17IN4OS/c1-9(2)13-17-18-14(19(13)3)21-8-12(20)16-11-6-4-5-10(15)7-11/h4-7,9H,8H2,1-3H3,(H,16,20). The Kier molecular flexibility index (Phi) is 5.63. The number of carbonyl (C=O) groups is 1. The maximum atomic E-state index is 12.0. The predicted molar refractivity (Wildman–Crippen MR) is 93.6 cm³/mol. The number of nitrogens with one attached hydrogen (secondary N) is 1. The second-order valence-corrected chi connectivity index (χ2v) is 7.09. The highest BCUT2D eigenvalue weighted by Gasteiger charge is 2.13. The van der Waals surface area contributed by atoms with Gasteiger partial charge in [0.15, 0.2) is 5.16 Å². The normalized spacial score (nSPS) is 10.9. The monoisotopic (exact) mass is 416 g/mol. The number of benzene rings is 1. The van der Waals surface area contributed by atoms with Crippen molar-refractivity contribution in [3.8, 4) is 0 Å². The molecule has 7 heteroatoms. The van der Waals surface area contributed by atoms with E-state index in [0.29, 0.717) is 11.7 Å². The van der Waals surface area contributed by atoms with E-state index in [9.17, 15) is 4.79 Å². The van der Waals surface area contributed by atoms with Crippen LogP contribution in [0.15, 0.2) is 29.4 Å². The number of nitrogens with zero attached hydrogens (tertiary/aromatic N) is 3. The molecule has 0 aliphatic heterocycles. The molecule has 0 unspecified atom stereocenters. The molecule has 0 saturated heterocycles. The fourth-order valence-electron chi connectivity index (χ4n) is 1.85. The number of hydrogen-bond donors (Lipinski definition) is 1. The van der Waals surface area contributed by atoms with E-state index in [-0.39, 0.29) is 5.91 Å². The first kappa shape index (κ1) is 16.3. The van der Waals surface area contributed by atoms with Crippen LogP contribution in [0.3, 0.4) is 0 Å². The van der Waals surface area contributed by atoms with Crippen LogP contribution in [0.1, 0.15) is 25.6 Å². The summed E-state index contributed by atoms with van der Waals surface area (Å²) in [5.41, 5.74) is 0.813. The minimum absolute atomic E-state index is 0.0453. The van der Waals surface area contributed by atoms with Crippen molar-refractivity contribution in [1.29, 1.82) is 0 Å². The second-order valence-electron chi connectivity index (χ2n) is 4.90. The highest BCUT2D eigenvalue weighted by atomic mass is 127. The molecule has 0 saturated carbocycles. The van der Waals surface area contributed by atoms with Gasteiger partial charge in [-0.05, 0) is 40.8 Å². The van der Waals surface area contributed by atoms with Crippen LogP contribution in [-0.2, 0) is 11.8 Å². The molecule has 0 spiro atoms. The highest BCUT2D eigenvalue weighted by Crippen LogP contribution is 2.20. The van der Waals surface area contributed by atoms with Crippen molar-refractivity contribution in [2.45, 2.75) is 24.9 Å². The number of carbonyl (C=O) groups excluding carboxylic acids is 1. The lowest BCUT2D eigenvalue weighted by Crippen LogP contribution is -2.14. The molecule has 0 aliphatic carbocycles. The van der Waals surface area contributed by atoms with Crippen molar-refractivity contribution in [3.05, 3.63) is 33.7 Å². The molecule has 5 nitrogen and oxygen atoms in total. The van der Waals surface area contributed by atoms with Crippen LogP contribution in [0.2, 0.25) is 0 Å². The molecular formula is C14H17IN4OS. The summed E-state index contributed by atoms with van der Waals surface area (Å²) in [4.78, 5) is 12.0. The van der Waals surface area contributed by atoms with Gasteiger partial charge < -0.3 is 9.88 Å². The molecule has 1 amide bonds. The predicted octanol–water partition coefficient (Wildman–Crippen LogP) is 3.27. The summed E-state index contributed by atoms with van der Waals surface area (Å²) >= 11 is 3.61. The van der Waals surface area contributed by atoms with Gasteiger partial charge in [-0.15, -0.1) is 10.2 Å². The molecular weight excluding hydrogens is 399 g/mol. The van der Waals surface area contributed by atoms with Gasteiger partial charge in [0.2, 0.25) is 5.91 Å². The molecule has 1 N–H and O–H groups in total. The first-order valence-electron chi connectivity index (χ1n) is 6.55. The zero-order valence-electron chi connectivity index (χ0n) is 12.1. The molecule has 0 aliphatic rings. The van der Waals surface area contributed by atoms with Crippen LogP contribution in [0.25, 0.3) is 0 Å². The number of aromatic nitrogens is 3. The molecule has 0 bridgehead atoms. The molecule has 112 valence electrons. The van der Waals surface area contributed by atoms with Gasteiger partial charge in [-0.2, -0.15) is 0 Å². The third-order valence-electron chi connectivity index (χ3n) is 2.83. The fourth-order valence-corrected chi connectivity index (χ4v) is 3.11. The van der Waals surface area contributed by atoms with Gasteiger partial charge in [-0.25, -0.2) is 0 Å². The number of amides is 1. The largest absolute Gasteiger partial charge is 0.325 e. The van der Waals surface area contributed by atoms with E-state index in [2.05, 4.69) is 52.0 Å². The molecule has 0 fully saturated rings. The summed E-state index contributed by atoms with van der Waals surface area (Å²) in [5.74, 6) is 1.51. The highest BCUT2D eigenvalue weighted by molar-refractivity contribution is 14.1. The SMILES string of the molecule is CC(C)c1nnc(SCC(=O)Nc2cccc(I)c2)n1C. The smallest absolute Gasteiger partial charge is 0.234 e. The number of hydrogen-bond acceptors (Lipinski definition) is 4. The lowest BCUT2D eigenvalue weighted by Gasteiger charge is -2.07. The van der Waals surface area contributed by atoms with Crippen molar-refractivity contribution in [2.24, 2.45) is 7.05 Å². The molecule has 0 radical (unpaired) electrons. The Labute approximate surface area is 142 Å². The summed E-state index contributed by atoms with van der Waals surface area (Å²) in [6, 6.07) is 7.71. The van der Waals surface area contributed by atoms with Crippen LogP contribution < -0.4 is 5.32 Å². The topological polar surface area (TPSA) is 59.8 Å². The van der Waals surface area contributed by atoms with Gasteiger partial charge in [0, 0.05) is 22.2 Å². The van der Waals surface area contributed by atoms with Crippen LogP contribution in [0.4, 0.5) is 5.69 Å². The fraction of sp³-hybridized carbons (Fsp3) is 0.357. The lowest BCUT2D eigenvalue weighted by molar-refractivity contribution is -0.113. The number of anilines is 1. The van der Waals surface area contributed by atoms with Gasteiger partial charge in [-0.3, -0.25) is 4.79 Å². The number of rotatable bonds is 5. The number of thioether (sulfide) groups is 1. The van der Waals surface area contributed by atoms with Crippen LogP contribution >= 0.6 is 34.4 Å². The third kappa shape index (κ3) is 4.44. The zero-order valence-corrected chi connectivity index (χ0v) is 15.1. The summed E-state index contributed by atoms with van der Waals surface area (Å²) < 4.78 is 3.03. The Morgan fingerprint density at radius 2 is 2.19 bits per heavy atom. The Bertz CT molecular complexity index is 642. The first-order valence-corrected chi connectivity index (χ1v) is 8.61. The maximum absolute atomic E-state index is 12.0. The Balaban J connectivity index is 1.92. The van der Waals surface area contributed by atoms with Gasteiger partial charge in [0.1, 0.15) is 5.82 Å². The Hall–Kier alpha value is -1.09. The number of halogens is 1. The lowest BCUT2D eigenvalue weighted by atomic mass is 10.2. The van der Waals surface area contributed by atoms with Crippen LogP contribution in [0.5, 0.6) is 0 Å². The van der Waals surface area contributed by atoms with Gasteiger partial charge in [-0.1, -0.05) is 31.7 Å². The van der Waals surface area contributed by atoms with Crippen molar-refractivity contribution in [2.75, 3.05) is 11.1 Å². The average Bonchev–Trinajstić information content (AvgIpc) is 2.78. The Morgan fingerprint density at radius 3 is 2.81 bits per heavy atom. The Morgan fingerprint density at radius 1 is 1.43 bits per heavy atom. The van der Waals surface area contributed by atoms with Crippen LogP contribution in [0, 0.1) is 3.57 Å². The van der Waals surface area contributed by atoms with E-state index in [1.54, 1.807) is 0 Å². The molecule has 0 atom stereocenters. The van der Waals surface area contributed by atoms with Gasteiger partial charge in [0.05, 0.1) is 5.75 Å². The summed E-state index contributed by atoms with van der Waals surface area (Å²) in [6.07, 6.45) is 0. The summed E-state index contributed by atoms with van der Waals surface area (Å²) in [7, 11) is 1.93. The quantitative estimate of drug-likeness (QED) is 0.601. The van der Waals surface area contributed by atoms with E-state index in [0.717, 1.165) is 20.2 Å². The van der Waals surface area contributed by atoms with Crippen molar-refractivity contribution < 1.29 is 4.79 Å².